The van der Waals surface area contributed by atoms with Gasteiger partial charge in [-0.25, -0.2) is 4.98 Å². The SMILES string of the molecule is CN(C)CCN(C)c1ccc(Nc2nccc(-n3cc(C(N)=O)c4ccccc43)n2)cc1Cl. The largest absolute Gasteiger partial charge is 0.372 e. The molecule has 0 spiro atoms. The molecule has 0 unspecified atom stereocenters. The van der Waals surface area contributed by atoms with Gasteiger partial charge in [0, 0.05) is 43.6 Å². The van der Waals surface area contributed by atoms with Gasteiger partial charge in [0.2, 0.25) is 5.95 Å². The number of aromatic nitrogens is 3. The van der Waals surface area contributed by atoms with Crippen molar-refractivity contribution >= 4 is 45.7 Å². The molecule has 0 aliphatic heterocycles. The van der Waals surface area contributed by atoms with Crippen LogP contribution in [0.4, 0.5) is 17.3 Å². The normalized spacial score (nSPS) is 11.2. The summed E-state index contributed by atoms with van der Waals surface area (Å²) in [6.45, 7) is 1.79. The fourth-order valence-electron chi connectivity index (χ4n) is 3.60. The Hall–Kier alpha value is -3.62. The van der Waals surface area contributed by atoms with E-state index in [1.54, 1.807) is 18.5 Å². The maximum atomic E-state index is 11.9. The first-order valence-electron chi connectivity index (χ1n) is 10.5. The second-order valence-corrected chi connectivity index (χ2v) is 8.46. The van der Waals surface area contributed by atoms with Gasteiger partial charge in [-0.2, -0.15) is 4.98 Å². The highest BCUT2D eigenvalue weighted by Crippen LogP contribution is 2.29. The first-order chi connectivity index (χ1) is 15.8. The Bertz CT molecular complexity index is 1300. The smallest absolute Gasteiger partial charge is 0.250 e. The van der Waals surface area contributed by atoms with Crippen LogP contribution in [0, 0.1) is 0 Å². The van der Waals surface area contributed by atoms with Crippen molar-refractivity contribution in [2.24, 2.45) is 5.73 Å². The van der Waals surface area contributed by atoms with Gasteiger partial charge >= 0.3 is 0 Å². The summed E-state index contributed by atoms with van der Waals surface area (Å²) in [5, 5.41) is 4.63. The lowest BCUT2D eigenvalue weighted by Gasteiger charge is -2.23. The van der Waals surface area contributed by atoms with Gasteiger partial charge in [0.05, 0.1) is 21.8 Å². The topological polar surface area (TPSA) is 92.3 Å². The minimum Gasteiger partial charge on any atom is -0.372 e. The summed E-state index contributed by atoms with van der Waals surface area (Å²) in [5.74, 6) is 0.542. The Morgan fingerprint density at radius 2 is 1.91 bits per heavy atom. The lowest BCUT2D eigenvalue weighted by atomic mass is 10.2. The van der Waals surface area contributed by atoms with Crippen LogP contribution in [0.15, 0.2) is 60.9 Å². The van der Waals surface area contributed by atoms with E-state index >= 15 is 0 Å². The summed E-state index contributed by atoms with van der Waals surface area (Å²) >= 11 is 6.55. The number of nitrogens with one attached hydrogen (secondary N) is 1. The molecule has 170 valence electrons. The van der Waals surface area contributed by atoms with E-state index in [0.717, 1.165) is 35.4 Å². The Morgan fingerprint density at radius 3 is 2.64 bits per heavy atom. The van der Waals surface area contributed by atoms with Crippen molar-refractivity contribution in [1.82, 2.24) is 19.4 Å². The maximum absolute atomic E-state index is 11.9. The minimum absolute atomic E-state index is 0.413. The van der Waals surface area contributed by atoms with Crippen molar-refractivity contribution in [1.29, 1.82) is 0 Å². The molecule has 0 aliphatic carbocycles. The molecule has 4 rings (SSSR count). The van der Waals surface area contributed by atoms with Crippen molar-refractivity contribution in [2.45, 2.75) is 0 Å². The Morgan fingerprint density at radius 1 is 1.12 bits per heavy atom. The number of halogens is 1. The van der Waals surface area contributed by atoms with E-state index in [9.17, 15) is 4.79 Å². The number of likely N-dealkylation sites (N-methyl/N-ethyl adjacent to an activating group) is 2. The Kier molecular flexibility index (Phi) is 6.48. The predicted molar refractivity (Wildman–Crippen MR) is 134 cm³/mol. The highest BCUT2D eigenvalue weighted by atomic mass is 35.5. The Labute approximate surface area is 197 Å². The molecule has 2 aromatic heterocycles. The highest BCUT2D eigenvalue weighted by molar-refractivity contribution is 6.33. The van der Waals surface area contributed by atoms with Crippen molar-refractivity contribution in [3.05, 3.63) is 71.5 Å². The number of rotatable bonds is 8. The molecule has 0 aliphatic rings. The third-order valence-corrected chi connectivity index (χ3v) is 5.67. The molecule has 0 radical (unpaired) electrons. The van der Waals surface area contributed by atoms with E-state index in [1.165, 1.54) is 0 Å². The fourth-order valence-corrected chi connectivity index (χ4v) is 3.93. The Balaban J connectivity index is 1.59. The van der Waals surface area contributed by atoms with Crippen LogP contribution < -0.4 is 16.0 Å². The van der Waals surface area contributed by atoms with E-state index in [2.05, 4.69) is 25.1 Å². The number of carbonyl (C=O) groups is 1. The number of amides is 1. The maximum Gasteiger partial charge on any atom is 0.250 e. The number of nitrogens with zero attached hydrogens (tertiary/aromatic N) is 5. The molecule has 3 N–H and O–H groups in total. The first kappa shape index (κ1) is 22.6. The van der Waals surface area contributed by atoms with E-state index in [-0.39, 0.29) is 0 Å². The fraction of sp³-hybridized carbons (Fsp3) is 0.208. The zero-order valence-corrected chi connectivity index (χ0v) is 19.5. The van der Waals surface area contributed by atoms with Crippen LogP contribution in [0.5, 0.6) is 0 Å². The molecule has 9 heteroatoms. The number of hydrogen-bond acceptors (Lipinski definition) is 6. The van der Waals surface area contributed by atoms with Crippen molar-refractivity contribution in [3.8, 4) is 5.82 Å². The second-order valence-electron chi connectivity index (χ2n) is 8.05. The summed E-state index contributed by atoms with van der Waals surface area (Å²) in [5.41, 5.74) is 8.58. The third kappa shape index (κ3) is 4.92. The van der Waals surface area contributed by atoms with Crippen LogP contribution in [0.1, 0.15) is 10.4 Å². The molecule has 0 saturated carbocycles. The van der Waals surface area contributed by atoms with E-state index in [0.29, 0.717) is 22.4 Å². The molecule has 1 amide bonds. The zero-order valence-electron chi connectivity index (χ0n) is 18.8. The summed E-state index contributed by atoms with van der Waals surface area (Å²) in [6.07, 6.45) is 3.36. The van der Waals surface area contributed by atoms with Gasteiger partial charge in [-0.15, -0.1) is 0 Å². The van der Waals surface area contributed by atoms with Gasteiger partial charge in [-0.3, -0.25) is 4.79 Å². The van der Waals surface area contributed by atoms with Crippen LogP contribution in [-0.4, -0.2) is 59.6 Å². The second kappa shape index (κ2) is 9.48. The number of carbonyl (C=O) groups excluding carboxylic acids is 1. The summed E-state index contributed by atoms with van der Waals surface area (Å²) in [6, 6.07) is 15.1. The standard InChI is InChI=1S/C24H26ClN7O/c1-30(2)12-13-31(3)21-9-8-16(14-19(21)25)28-24-27-11-10-22(29-24)32-15-18(23(26)33)17-6-4-5-7-20(17)32/h4-11,14-15H,12-13H2,1-3H3,(H2,26,33)(H,27,28,29). The summed E-state index contributed by atoms with van der Waals surface area (Å²) in [7, 11) is 6.11. The number of para-hydroxylation sites is 1. The van der Waals surface area contributed by atoms with Crippen LogP contribution in [-0.2, 0) is 0 Å². The number of nitrogens with two attached hydrogens (primary N) is 1. The number of hydrogen-bond donors (Lipinski definition) is 2. The van der Waals surface area contributed by atoms with Gasteiger partial charge in [0.25, 0.3) is 5.91 Å². The van der Waals surface area contributed by atoms with Crippen molar-refractivity contribution in [2.75, 3.05) is 44.4 Å². The van der Waals surface area contributed by atoms with Crippen LogP contribution in [0.2, 0.25) is 5.02 Å². The third-order valence-electron chi connectivity index (χ3n) is 5.36. The van der Waals surface area contributed by atoms with Gasteiger partial charge < -0.3 is 25.4 Å². The van der Waals surface area contributed by atoms with Crippen LogP contribution >= 0.6 is 11.6 Å². The monoisotopic (exact) mass is 463 g/mol. The summed E-state index contributed by atoms with van der Waals surface area (Å²) in [4.78, 5) is 25.1. The van der Waals surface area contributed by atoms with Crippen LogP contribution in [0.3, 0.4) is 0 Å². The van der Waals surface area contributed by atoms with Crippen molar-refractivity contribution < 1.29 is 4.79 Å². The van der Waals surface area contributed by atoms with Gasteiger partial charge in [-0.1, -0.05) is 29.8 Å². The number of benzene rings is 2. The predicted octanol–water partition coefficient (Wildman–Crippen LogP) is 3.91. The number of fused-ring (bicyclic) bond motifs is 1. The lowest BCUT2D eigenvalue weighted by Crippen LogP contribution is -2.28. The number of primary amides is 1. The van der Waals surface area contributed by atoms with Gasteiger partial charge in [0.1, 0.15) is 5.82 Å². The highest BCUT2D eigenvalue weighted by Gasteiger charge is 2.15. The average Bonchev–Trinajstić information content (AvgIpc) is 3.18. The average molecular weight is 464 g/mol. The molecule has 0 fully saturated rings. The summed E-state index contributed by atoms with van der Waals surface area (Å²) < 4.78 is 1.83. The molecule has 0 saturated heterocycles. The molecule has 2 heterocycles. The molecule has 4 aromatic rings. The molecule has 8 nitrogen and oxygen atoms in total. The zero-order chi connectivity index (χ0) is 23.5. The molecule has 2 aromatic carbocycles. The minimum atomic E-state index is -0.484. The quantitative estimate of drug-likeness (QED) is 0.411. The first-order valence-corrected chi connectivity index (χ1v) is 10.9. The lowest BCUT2D eigenvalue weighted by molar-refractivity contribution is 0.100. The number of anilines is 3. The van der Waals surface area contributed by atoms with E-state index in [4.69, 9.17) is 17.3 Å². The molecule has 0 bridgehead atoms. The molecular weight excluding hydrogens is 438 g/mol. The van der Waals surface area contributed by atoms with Gasteiger partial charge in [0.15, 0.2) is 0 Å². The van der Waals surface area contributed by atoms with Crippen LogP contribution in [0.25, 0.3) is 16.7 Å². The van der Waals surface area contributed by atoms with E-state index < -0.39 is 5.91 Å². The molecular formula is C24H26ClN7O. The molecule has 33 heavy (non-hydrogen) atoms. The van der Waals surface area contributed by atoms with Gasteiger partial charge in [-0.05, 0) is 44.4 Å². The van der Waals surface area contributed by atoms with E-state index in [1.807, 2.05) is 68.2 Å². The van der Waals surface area contributed by atoms with Crippen molar-refractivity contribution in [3.63, 3.8) is 0 Å². The molecule has 0 atom stereocenters.